The Morgan fingerprint density at radius 1 is 1.32 bits per heavy atom. The Balaban J connectivity index is 2.10. The molecule has 2 rings (SSSR count). The Kier molecular flexibility index (Phi) is 4.80. The molecule has 1 aromatic rings. The van der Waals surface area contributed by atoms with Crippen LogP contribution in [-0.2, 0) is 14.3 Å². The summed E-state index contributed by atoms with van der Waals surface area (Å²) < 4.78 is 5.17. The van der Waals surface area contributed by atoms with Gasteiger partial charge in [-0.3, -0.25) is 9.59 Å². The zero-order chi connectivity index (χ0) is 16.3. The Morgan fingerprint density at radius 2 is 2.05 bits per heavy atom. The normalized spacial score (nSPS) is 15.6. The van der Waals surface area contributed by atoms with Gasteiger partial charge in [-0.2, -0.15) is 0 Å². The van der Waals surface area contributed by atoms with E-state index in [1.54, 1.807) is 43.3 Å². The smallest absolute Gasteiger partial charge is 0.338 e. The van der Waals surface area contributed by atoms with Gasteiger partial charge >= 0.3 is 5.97 Å². The SMILES string of the molecule is C[C@H](OC(=O)c1cccc(N2CCCC2=O)c1)C(=O)N(C)C. The molecule has 0 N–H and O–H groups in total. The molecule has 0 spiro atoms. The summed E-state index contributed by atoms with van der Waals surface area (Å²) in [5.41, 5.74) is 1.01. The number of nitrogens with zero attached hydrogens (tertiary/aromatic N) is 2. The lowest BCUT2D eigenvalue weighted by molar-refractivity contribution is -0.137. The highest BCUT2D eigenvalue weighted by Gasteiger charge is 2.24. The number of hydrogen-bond donors (Lipinski definition) is 0. The van der Waals surface area contributed by atoms with E-state index in [2.05, 4.69) is 0 Å². The van der Waals surface area contributed by atoms with Crippen molar-refractivity contribution < 1.29 is 19.1 Å². The van der Waals surface area contributed by atoms with Gasteiger partial charge in [-0.15, -0.1) is 0 Å². The maximum absolute atomic E-state index is 12.1. The van der Waals surface area contributed by atoms with Gasteiger partial charge < -0.3 is 14.5 Å². The predicted molar refractivity (Wildman–Crippen MR) is 81.6 cm³/mol. The molecule has 6 nitrogen and oxygen atoms in total. The number of carbonyl (C=O) groups excluding carboxylic acids is 3. The zero-order valence-electron chi connectivity index (χ0n) is 13.0. The molecule has 0 saturated carbocycles. The lowest BCUT2D eigenvalue weighted by Crippen LogP contribution is -2.35. The van der Waals surface area contributed by atoms with Gasteiger partial charge in [-0.1, -0.05) is 6.07 Å². The summed E-state index contributed by atoms with van der Waals surface area (Å²) in [4.78, 5) is 38.6. The largest absolute Gasteiger partial charge is 0.449 e. The summed E-state index contributed by atoms with van der Waals surface area (Å²) >= 11 is 0. The fourth-order valence-corrected chi connectivity index (χ4v) is 2.36. The van der Waals surface area contributed by atoms with Gasteiger partial charge in [0, 0.05) is 32.7 Å². The van der Waals surface area contributed by atoms with Crippen LogP contribution in [0.4, 0.5) is 5.69 Å². The monoisotopic (exact) mass is 304 g/mol. The van der Waals surface area contributed by atoms with Gasteiger partial charge in [0.05, 0.1) is 5.56 Å². The number of rotatable bonds is 4. The van der Waals surface area contributed by atoms with Crippen LogP contribution < -0.4 is 4.90 Å². The molecule has 1 saturated heterocycles. The summed E-state index contributed by atoms with van der Waals surface area (Å²) in [5.74, 6) is -0.794. The van der Waals surface area contributed by atoms with Crippen molar-refractivity contribution in [3.63, 3.8) is 0 Å². The molecule has 1 aromatic carbocycles. The highest BCUT2D eigenvalue weighted by Crippen LogP contribution is 2.22. The molecule has 0 bridgehead atoms. The predicted octanol–water partition coefficient (Wildman–Crippen LogP) is 1.45. The Labute approximate surface area is 129 Å². The van der Waals surface area contributed by atoms with E-state index in [0.717, 1.165) is 6.42 Å². The first kappa shape index (κ1) is 16.0. The van der Waals surface area contributed by atoms with E-state index in [9.17, 15) is 14.4 Å². The molecule has 0 aromatic heterocycles. The molecule has 0 unspecified atom stereocenters. The molecular formula is C16H20N2O4. The standard InChI is InChI=1S/C16H20N2O4/c1-11(15(20)17(2)3)22-16(21)12-6-4-7-13(10-12)18-9-5-8-14(18)19/h4,6-7,10-11H,5,8-9H2,1-3H3/t11-/m0/s1. The maximum atomic E-state index is 12.1. The third kappa shape index (κ3) is 3.44. The van der Waals surface area contributed by atoms with Crippen LogP contribution in [0.15, 0.2) is 24.3 Å². The Hall–Kier alpha value is -2.37. The van der Waals surface area contributed by atoms with Crippen LogP contribution >= 0.6 is 0 Å². The molecule has 1 fully saturated rings. The van der Waals surface area contributed by atoms with Gasteiger partial charge in [-0.05, 0) is 31.5 Å². The average Bonchev–Trinajstić information content (AvgIpc) is 2.92. The zero-order valence-corrected chi connectivity index (χ0v) is 13.0. The molecular weight excluding hydrogens is 284 g/mol. The summed E-state index contributed by atoms with van der Waals surface area (Å²) in [5, 5.41) is 0. The fraction of sp³-hybridized carbons (Fsp3) is 0.438. The van der Waals surface area contributed by atoms with Gasteiger partial charge in [0.15, 0.2) is 6.10 Å². The Bertz CT molecular complexity index is 598. The topological polar surface area (TPSA) is 66.9 Å². The number of amides is 2. The summed E-state index contributed by atoms with van der Waals surface area (Å²) in [6.45, 7) is 2.20. The molecule has 22 heavy (non-hydrogen) atoms. The molecule has 1 aliphatic rings. The van der Waals surface area contributed by atoms with Crippen molar-refractivity contribution in [3.8, 4) is 0 Å². The van der Waals surface area contributed by atoms with Crippen molar-refractivity contribution in [3.05, 3.63) is 29.8 Å². The lowest BCUT2D eigenvalue weighted by Gasteiger charge is -2.18. The first-order valence-electron chi connectivity index (χ1n) is 7.22. The molecule has 0 radical (unpaired) electrons. The van der Waals surface area contributed by atoms with Crippen molar-refractivity contribution >= 4 is 23.5 Å². The van der Waals surface area contributed by atoms with E-state index in [1.807, 2.05) is 0 Å². The molecule has 118 valence electrons. The van der Waals surface area contributed by atoms with Crippen molar-refractivity contribution in [1.82, 2.24) is 4.90 Å². The molecule has 1 heterocycles. The second kappa shape index (κ2) is 6.60. The van der Waals surface area contributed by atoms with Crippen molar-refractivity contribution in [2.75, 3.05) is 25.5 Å². The molecule has 2 amide bonds. The highest BCUT2D eigenvalue weighted by atomic mass is 16.5. The van der Waals surface area contributed by atoms with E-state index in [0.29, 0.717) is 24.2 Å². The van der Waals surface area contributed by atoms with Gasteiger partial charge in [0.2, 0.25) is 5.91 Å². The van der Waals surface area contributed by atoms with E-state index < -0.39 is 12.1 Å². The van der Waals surface area contributed by atoms with Crippen LogP contribution in [0.2, 0.25) is 0 Å². The van der Waals surface area contributed by atoms with Crippen molar-refractivity contribution in [2.24, 2.45) is 0 Å². The second-order valence-electron chi connectivity index (χ2n) is 5.48. The van der Waals surface area contributed by atoms with E-state index in [4.69, 9.17) is 4.74 Å². The lowest BCUT2D eigenvalue weighted by atomic mass is 10.2. The van der Waals surface area contributed by atoms with Crippen LogP contribution in [0.1, 0.15) is 30.1 Å². The number of likely N-dealkylation sites (N-methyl/N-ethyl adjacent to an activating group) is 1. The third-order valence-corrected chi connectivity index (χ3v) is 3.54. The molecule has 6 heteroatoms. The van der Waals surface area contributed by atoms with Gasteiger partial charge in [0.25, 0.3) is 5.91 Å². The van der Waals surface area contributed by atoms with Crippen molar-refractivity contribution in [2.45, 2.75) is 25.9 Å². The highest BCUT2D eigenvalue weighted by molar-refractivity contribution is 5.98. The minimum atomic E-state index is -0.848. The van der Waals surface area contributed by atoms with Crippen LogP contribution in [0.3, 0.4) is 0 Å². The van der Waals surface area contributed by atoms with E-state index >= 15 is 0 Å². The Morgan fingerprint density at radius 3 is 2.64 bits per heavy atom. The summed E-state index contributed by atoms with van der Waals surface area (Å²) in [7, 11) is 3.21. The quantitative estimate of drug-likeness (QED) is 0.790. The van der Waals surface area contributed by atoms with E-state index in [-0.39, 0.29) is 11.8 Å². The molecule has 1 aliphatic heterocycles. The number of ether oxygens (including phenoxy) is 1. The maximum Gasteiger partial charge on any atom is 0.338 e. The summed E-state index contributed by atoms with van der Waals surface area (Å²) in [6.07, 6.45) is 0.504. The van der Waals surface area contributed by atoms with Gasteiger partial charge in [0.1, 0.15) is 0 Å². The minimum Gasteiger partial charge on any atom is -0.449 e. The number of hydrogen-bond acceptors (Lipinski definition) is 4. The number of carbonyl (C=O) groups is 3. The van der Waals surface area contributed by atoms with Crippen LogP contribution in [0.25, 0.3) is 0 Å². The van der Waals surface area contributed by atoms with Crippen LogP contribution in [0.5, 0.6) is 0 Å². The second-order valence-corrected chi connectivity index (χ2v) is 5.48. The van der Waals surface area contributed by atoms with Crippen LogP contribution in [-0.4, -0.2) is 49.4 Å². The molecule has 1 atom stereocenters. The van der Waals surface area contributed by atoms with Crippen LogP contribution in [0, 0.1) is 0 Å². The minimum absolute atomic E-state index is 0.0571. The third-order valence-electron chi connectivity index (χ3n) is 3.54. The van der Waals surface area contributed by atoms with Gasteiger partial charge in [-0.25, -0.2) is 4.79 Å². The molecule has 0 aliphatic carbocycles. The summed E-state index contributed by atoms with van der Waals surface area (Å²) in [6, 6.07) is 6.72. The fourth-order valence-electron chi connectivity index (χ4n) is 2.36. The first-order chi connectivity index (χ1) is 10.4. The first-order valence-corrected chi connectivity index (χ1v) is 7.22. The number of esters is 1. The average molecular weight is 304 g/mol. The number of anilines is 1. The van der Waals surface area contributed by atoms with Crippen molar-refractivity contribution in [1.29, 1.82) is 0 Å². The van der Waals surface area contributed by atoms with E-state index in [1.165, 1.54) is 11.8 Å². The number of benzene rings is 1.